The summed E-state index contributed by atoms with van der Waals surface area (Å²) in [5.74, 6) is -1.17. The van der Waals surface area contributed by atoms with E-state index in [9.17, 15) is 27.2 Å². The molecule has 0 saturated carbocycles. The average molecular weight is 614 g/mol. The number of hydrogen-bond donors (Lipinski definition) is 3. The number of ether oxygens (including phenoxy) is 2. The van der Waals surface area contributed by atoms with Gasteiger partial charge in [-0.1, -0.05) is 6.07 Å². The lowest BCUT2D eigenvalue weighted by Gasteiger charge is -2.55. The molecule has 1 aliphatic rings. The summed E-state index contributed by atoms with van der Waals surface area (Å²) < 4.78 is 70.0. The van der Waals surface area contributed by atoms with Gasteiger partial charge in [0, 0.05) is 35.7 Å². The van der Waals surface area contributed by atoms with Crippen molar-refractivity contribution in [2.24, 2.45) is 0 Å². The second kappa shape index (κ2) is 11.5. The van der Waals surface area contributed by atoms with E-state index in [0.29, 0.717) is 27.8 Å². The molecule has 13 heteroatoms. The van der Waals surface area contributed by atoms with E-state index < -0.39 is 42.1 Å². The van der Waals surface area contributed by atoms with E-state index in [-0.39, 0.29) is 23.8 Å². The normalized spacial score (nSPS) is 19.7. The van der Waals surface area contributed by atoms with Gasteiger partial charge in [0.15, 0.2) is 5.60 Å². The van der Waals surface area contributed by atoms with Gasteiger partial charge >= 0.3 is 6.18 Å². The third-order valence-electron chi connectivity index (χ3n) is 7.73. The summed E-state index contributed by atoms with van der Waals surface area (Å²) in [5.41, 5.74) is -1.16. The van der Waals surface area contributed by atoms with Crippen molar-refractivity contribution in [1.29, 1.82) is 0 Å². The molecule has 2 atom stereocenters. The zero-order valence-corrected chi connectivity index (χ0v) is 24.4. The predicted octanol–water partition coefficient (Wildman–Crippen LogP) is 5.01. The molecule has 1 saturated heterocycles. The Morgan fingerprint density at radius 3 is 2.57 bits per heavy atom. The van der Waals surface area contributed by atoms with E-state index in [1.807, 2.05) is 6.07 Å². The topological polar surface area (TPSA) is 107 Å². The third kappa shape index (κ3) is 5.66. The van der Waals surface area contributed by atoms with Crippen molar-refractivity contribution in [3.05, 3.63) is 83.3 Å². The van der Waals surface area contributed by atoms with E-state index in [4.69, 9.17) is 9.47 Å². The maximum atomic E-state index is 14.5. The largest absolute Gasteiger partial charge is 0.496 e. The number of methoxy groups -OCH3 is 1. The number of carbonyl (C=O) groups is 2. The number of likely N-dealkylation sites (N-methyl/N-ethyl adjacent to an activating group) is 1. The van der Waals surface area contributed by atoms with Gasteiger partial charge in [0.2, 0.25) is 5.91 Å². The Morgan fingerprint density at radius 2 is 1.89 bits per heavy atom. The highest BCUT2D eigenvalue weighted by atomic mass is 19.4. The smallest absolute Gasteiger partial charge is 0.419 e. The maximum Gasteiger partial charge on any atom is 0.419 e. The first-order chi connectivity index (χ1) is 20.8. The summed E-state index contributed by atoms with van der Waals surface area (Å²) in [6, 6.07) is 13.8. The first kappa shape index (κ1) is 30.8. The number of nitrogens with zero attached hydrogens (tertiary/aromatic N) is 2. The van der Waals surface area contributed by atoms with Crippen LogP contribution < -0.4 is 20.7 Å². The van der Waals surface area contributed by atoms with Gasteiger partial charge in [0.25, 0.3) is 5.91 Å². The van der Waals surface area contributed by atoms with Gasteiger partial charge in [0.1, 0.15) is 11.6 Å². The van der Waals surface area contributed by atoms with Crippen LogP contribution >= 0.6 is 0 Å². The number of fused-ring (bicyclic) bond motifs is 1. The monoisotopic (exact) mass is 613 g/mol. The molecule has 9 nitrogen and oxygen atoms in total. The molecule has 2 unspecified atom stereocenters. The molecule has 0 bridgehead atoms. The van der Waals surface area contributed by atoms with Crippen LogP contribution in [-0.4, -0.2) is 60.6 Å². The van der Waals surface area contributed by atoms with Crippen LogP contribution in [0.1, 0.15) is 34.8 Å². The highest BCUT2D eigenvalue weighted by Crippen LogP contribution is 2.57. The summed E-state index contributed by atoms with van der Waals surface area (Å²) in [4.78, 5) is 24.1. The number of carbonyl (C=O) groups excluding carboxylic acids is 2. The summed E-state index contributed by atoms with van der Waals surface area (Å²) in [6.45, 7) is 2.50. The first-order valence-electron chi connectivity index (χ1n) is 13.7. The fourth-order valence-electron chi connectivity index (χ4n) is 5.56. The molecule has 3 N–H and O–H groups in total. The zero-order valence-electron chi connectivity index (χ0n) is 24.4. The molecule has 0 radical (unpaired) electrons. The molecule has 1 aliphatic heterocycles. The third-order valence-corrected chi connectivity index (χ3v) is 7.73. The lowest BCUT2D eigenvalue weighted by molar-refractivity contribution is -0.380. The van der Waals surface area contributed by atoms with Gasteiger partial charge in [-0.2, -0.15) is 18.3 Å². The van der Waals surface area contributed by atoms with Gasteiger partial charge in [-0.05, 0) is 67.9 Å². The number of benzene rings is 3. The van der Waals surface area contributed by atoms with Crippen LogP contribution in [0, 0.1) is 12.7 Å². The Labute approximate surface area is 250 Å². The molecule has 0 spiro atoms. The second-order valence-electron chi connectivity index (χ2n) is 10.9. The number of aromatic nitrogens is 2. The van der Waals surface area contributed by atoms with Crippen LogP contribution in [-0.2, 0) is 15.1 Å². The number of amides is 2. The molecule has 232 valence electrons. The van der Waals surface area contributed by atoms with Gasteiger partial charge in [-0.25, -0.2) is 9.07 Å². The zero-order chi connectivity index (χ0) is 31.9. The Morgan fingerprint density at radius 1 is 1.14 bits per heavy atom. The molecule has 44 heavy (non-hydrogen) atoms. The van der Waals surface area contributed by atoms with E-state index >= 15 is 0 Å². The number of rotatable bonds is 9. The summed E-state index contributed by atoms with van der Waals surface area (Å²) >= 11 is 0. The number of alkyl halides is 3. The van der Waals surface area contributed by atoms with Crippen molar-refractivity contribution in [2.45, 2.75) is 37.6 Å². The van der Waals surface area contributed by atoms with Crippen LogP contribution in [0.25, 0.3) is 16.6 Å². The summed E-state index contributed by atoms with van der Waals surface area (Å²) in [6.07, 6.45) is -3.66. The molecule has 4 aromatic rings. The van der Waals surface area contributed by atoms with Crippen LogP contribution in [0.4, 0.5) is 23.2 Å². The standard InChI is InChI=1S/C31H31F4N5O4/c1-18-10-24(38-17-30(31(33,34)35)16-29(2,44-30)23-13-20(32)8-9-26(23)43-4)22-14-39-40(25(22)11-18)21-7-5-6-19(12-21)28(42)37-15-27(41)36-3/h5-14,38H,15-17H2,1-4H3,(H,36,41)(H,37,42). The highest BCUT2D eigenvalue weighted by molar-refractivity contribution is 5.97. The van der Waals surface area contributed by atoms with Crippen molar-refractivity contribution in [2.75, 3.05) is 32.6 Å². The SMILES string of the molecule is CNC(=O)CNC(=O)c1cccc(-n2ncc3c(NCC4(C(F)(F)F)CC(C)(c5cc(F)ccc5OC)O4)cc(C)cc32)c1. The van der Waals surface area contributed by atoms with Gasteiger partial charge < -0.3 is 25.4 Å². The summed E-state index contributed by atoms with van der Waals surface area (Å²) in [7, 11) is 2.82. The minimum atomic E-state index is -4.73. The second-order valence-corrected chi connectivity index (χ2v) is 10.9. The predicted molar refractivity (Wildman–Crippen MR) is 155 cm³/mol. The van der Waals surface area contributed by atoms with Crippen molar-refractivity contribution in [1.82, 2.24) is 20.4 Å². The lowest BCUT2D eigenvalue weighted by atomic mass is 9.75. The Hall–Kier alpha value is -4.65. The average Bonchev–Trinajstić information content (AvgIpc) is 3.40. The Bertz CT molecular complexity index is 1730. The van der Waals surface area contributed by atoms with Crippen molar-refractivity contribution in [3.8, 4) is 11.4 Å². The molecule has 2 heterocycles. The number of anilines is 1. The van der Waals surface area contributed by atoms with E-state index in [1.165, 1.54) is 39.4 Å². The van der Waals surface area contributed by atoms with Crippen LogP contribution in [0.3, 0.4) is 0 Å². The van der Waals surface area contributed by atoms with Gasteiger partial charge in [-0.3, -0.25) is 9.59 Å². The minimum absolute atomic E-state index is 0.184. The lowest BCUT2D eigenvalue weighted by Crippen LogP contribution is -2.67. The van der Waals surface area contributed by atoms with Crippen molar-refractivity contribution < 1.29 is 36.6 Å². The van der Waals surface area contributed by atoms with E-state index in [2.05, 4.69) is 21.0 Å². The molecule has 2 amide bonds. The van der Waals surface area contributed by atoms with Gasteiger partial charge in [0.05, 0.1) is 43.2 Å². The van der Waals surface area contributed by atoms with E-state index in [1.54, 1.807) is 41.9 Å². The fraction of sp³-hybridized carbons (Fsp3) is 0.323. The van der Waals surface area contributed by atoms with Crippen LogP contribution in [0.5, 0.6) is 5.75 Å². The maximum absolute atomic E-state index is 14.5. The quantitative estimate of drug-likeness (QED) is 0.230. The van der Waals surface area contributed by atoms with Crippen LogP contribution in [0.2, 0.25) is 0 Å². The first-order valence-corrected chi connectivity index (χ1v) is 13.7. The van der Waals surface area contributed by atoms with E-state index in [0.717, 1.165) is 11.6 Å². The number of hydrogen-bond acceptors (Lipinski definition) is 6. The molecular weight excluding hydrogens is 582 g/mol. The van der Waals surface area contributed by atoms with Crippen LogP contribution in [0.15, 0.2) is 60.8 Å². The van der Waals surface area contributed by atoms with Gasteiger partial charge in [-0.15, -0.1) is 0 Å². The molecule has 1 aromatic heterocycles. The molecule has 1 fully saturated rings. The molecular formula is C31H31F4N5O4. The molecule has 0 aliphatic carbocycles. The summed E-state index contributed by atoms with van der Waals surface area (Å²) in [5, 5.41) is 12.9. The van der Waals surface area contributed by atoms with Crippen molar-refractivity contribution >= 4 is 28.4 Å². The molecule has 5 rings (SSSR count). The number of aryl methyl sites for hydroxylation is 1. The highest BCUT2D eigenvalue weighted by Gasteiger charge is 2.68. The number of nitrogens with one attached hydrogen (secondary N) is 3. The molecule has 3 aromatic carbocycles. The van der Waals surface area contributed by atoms with Crippen molar-refractivity contribution in [3.63, 3.8) is 0 Å². The Kier molecular flexibility index (Phi) is 8.02. The fourth-order valence-corrected chi connectivity index (χ4v) is 5.56. The Balaban J connectivity index is 1.41. The number of halogens is 4. The minimum Gasteiger partial charge on any atom is -0.496 e.